The van der Waals surface area contributed by atoms with Gasteiger partial charge in [0.15, 0.2) is 0 Å². The molecule has 0 rings (SSSR count). The normalized spacial score (nSPS) is 13.7. The first kappa shape index (κ1) is 9.31. The molecule has 0 heterocycles. The molecule has 0 spiro atoms. The molecule has 0 aliphatic rings. The average Bonchev–Trinajstić information content (AvgIpc) is 1.80. The van der Waals surface area contributed by atoms with Crippen LogP contribution in [0.1, 0.15) is 26.7 Å². The van der Waals surface area contributed by atoms with Crippen molar-refractivity contribution in [3.05, 3.63) is 0 Å². The lowest BCUT2D eigenvalue weighted by Crippen LogP contribution is -2.17. The summed E-state index contributed by atoms with van der Waals surface area (Å²) in [6, 6.07) is 0.367. The molecule has 0 amide bonds. The molecule has 0 aromatic rings. The van der Waals surface area contributed by atoms with Crippen LogP contribution < -0.4 is 5.73 Å². The number of rotatable bonds is 5. The Balaban J connectivity index is 2.75. The highest BCUT2D eigenvalue weighted by atomic mass is 32.2. The van der Waals surface area contributed by atoms with Crippen LogP contribution in [-0.4, -0.2) is 17.5 Å². The van der Waals surface area contributed by atoms with Gasteiger partial charge in [0.2, 0.25) is 0 Å². The van der Waals surface area contributed by atoms with Gasteiger partial charge in [-0.15, -0.1) is 0 Å². The minimum atomic E-state index is 0.367. The highest BCUT2D eigenvalue weighted by Gasteiger charge is 1.92. The lowest BCUT2D eigenvalue weighted by molar-refractivity contribution is 0.841. The van der Waals surface area contributed by atoms with Gasteiger partial charge in [0.05, 0.1) is 0 Å². The summed E-state index contributed by atoms with van der Waals surface area (Å²) in [7, 11) is 0. The second-order valence-corrected chi connectivity index (χ2v) is 3.56. The topological polar surface area (TPSA) is 26.0 Å². The summed E-state index contributed by atoms with van der Waals surface area (Å²) in [5.74, 6) is 2.39. The molecule has 0 saturated carbocycles. The van der Waals surface area contributed by atoms with Crippen molar-refractivity contribution < 1.29 is 0 Å². The molecule has 1 atom stereocenters. The van der Waals surface area contributed by atoms with Gasteiger partial charge < -0.3 is 5.73 Å². The fourth-order valence-electron chi connectivity index (χ4n) is 0.516. The minimum absolute atomic E-state index is 0.367. The third-order valence-corrected chi connectivity index (χ3v) is 2.36. The number of nitrogens with two attached hydrogens (primary N) is 1. The maximum Gasteiger partial charge on any atom is 0.0101 e. The van der Waals surface area contributed by atoms with Crippen LogP contribution in [0.4, 0.5) is 0 Å². The quantitative estimate of drug-likeness (QED) is 0.601. The van der Waals surface area contributed by atoms with Crippen LogP contribution in [0.25, 0.3) is 0 Å². The lowest BCUT2D eigenvalue weighted by Gasteiger charge is -2.02. The van der Waals surface area contributed by atoms with Crippen molar-refractivity contribution in [2.24, 2.45) is 5.73 Å². The predicted molar refractivity (Wildman–Crippen MR) is 45.9 cm³/mol. The monoisotopic (exact) mass is 147 g/mol. The maximum absolute atomic E-state index is 5.55. The Bertz CT molecular complexity index is 54.9. The van der Waals surface area contributed by atoms with Crippen molar-refractivity contribution in [3.8, 4) is 0 Å². The highest BCUT2D eigenvalue weighted by molar-refractivity contribution is 7.99. The van der Waals surface area contributed by atoms with E-state index in [2.05, 4.69) is 13.8 Å². The Hall–Kier alpha value is 0.310. The van der Waals surface area contributed by atoms with Gasteiger partial charge in [0.1, 0.15) is 0 Å². The van der Waals surface area contributed by atoms with E-state index < -0.39 is 0 Å². The fraction of sp³-hybridized carbons (Fsp3) is 1.00. The highest BCUT2D eigenvalue weighted by Crippen LogP contribution is 2.04. The fourth-order valence-corrected chi connectivity index (χ4v) is 1.55. The molecule has 0 radical (unpaired) electrons. The molecule has 56 valence electrons. The molecule has 0 aliphatic carbocycles. The van der Waals surface area contributed by atoms with Crippen LogP contribution in [0.15, 0.2) is 0 Å². The molecule has 0 fully saturated rings. The molecule has 1 unspecified atom stereocenters. The van der Waals surface area contributed by atoms with E-state index in [9.17, 15) is 0 Å². The van der Waals surface area contributed by atoms with Crippen LogP contribution in [0, 0.1) is 0 Å². The first-order valence-corrected chi connectivity index (χ1v) is 4.76. The zero-order valence-corrected chi connectivity index (χ0v) is 7.21. The van der Waals surface area contributed by atoms with Crippen molar-refractivity contribution >= 4 is 11.8 Å². The van der Waals surface area contributed by atoms with Crippen molar-refractivity contribution in [1.82, 2.24) is 0 Å². The summed E-state index contributed by atoms with van der Waals surface area (Å²) in [5, 5.41) is 0. The van der Waals surface area contributed by atoms with E-state index in [4.69, 9.17) is 5.73 Å². The third-order valence-electron chi connectivity index (χ3n) is 1.02. The molecule has 0 aliphatic heterocycles. The molecule has 0 bridgehead atoms. The summed E-state index contributed by atoms with van der Waals surface area (Å²) < 4.78 is 0. The summed E-state index contributed by atoms with van der Waals surface area (Å²) in [5.41, 5.74) is 5.55. The molecule has 0 aromatic heterocycles. The van der Waals surface area contributed by atoms with E-state index in [0.717, 1.165) is 5.75 Å². The molecular weight excluding hydrogens is 130 g/mol. The van der Waals surface area contributed by atoms with E-state index in [1.165, 1.54) is 18.6 Å². The van der Waals surface area contributed by atoms with Gasteiger partial charge in [-0.1, -0.05) is 13.3 Å². The standard InChI is InChI=1S/C7H17NS/c1-3-4-5-9-6-7(2)8/h7H,3-6,8H2,1-2H3. The first-order chi connectivity index (χ1) is 4.27. The SMILES string of the molecule is CCCCSCC(C)N. The zero-order valence-electron chi connectivity index (χ0n) is 6.39. The number of hydrogen-bond acceptors (Lipinski definition) is 2. The van der Waals surface area contributed by atoms with Crippen molar-refractivity contribution in [2.45, 2.75) is 32.7 Å². The van der Waals surface area contributed by atoms with Gasteiger partial charge in [0, 0.05) is 11.8 Å². The average molecular weight is 147 g/mol. The van der Waals surface area contributed by atoms with Gasteiger partial charge in [-0.2, -0.15) is 11.8 Å². The predicted octanol–water partition coefficient (Wildman–Crippen LogP) is 1.87. The van der Waals surface area contributed by atoms with Gasteiger partial charge >= 0.3 is 0 Å². The largest absolute Gasteiger partial charge is 0.327 e. The van der Waals surface area contributed by atoms with E-state index in [-0.39, 0.29) is 0 Å². The van der Waals surface area contributed by atoms with E-state index in [1.807, 2.05) is 11.8 Å². The second kappa shape index (κ2) is 6.43. The van der Waals surface area contributed by atoms with Gasteiger partial charge in [-0.3, -0.25) is 0 Å². The molecule has 2 heteroatoms. The summed E-state index contributed by atoms with van der Waals surface area (Å²) >= 11 is 1.96. The second-order valence-electron chi connectivity index (χ2n) is 2.41. The first-order valence-electron chi connectivity index (χ1n) is 3.60. The Morgan fingerprint density at radius 3 is 2.67 bits per heavy atom. The summed E-state index contributed by atoms with van der Waals surface area (Å²) in [6.45, 7) is 4.27. The molecule has 0 saturated heterocycles. The van der Waals surface area contributed by atoms with Crippen molar-refractivity contribution in [3.63, 3.8) is 0 Å². The van der Waals surface area contributed by atoms with E-state index >= 15 is 0 Å². The van der Waals surface area contributed by atoms with Crippen LogP contribution in [0.2, 0.25) is 0 Å². The minimum Gasteiger partial charge on any atom is -0.327 e. The maximum atomic E-state index is 5.55. The Morgan fingerprint density at radius 1 is 1.56 bits per heavy atom. The third kappa shape index (κ3) is 8.31. The summed E-state index contributed by atoms with van der Waals surface area (Å²) in [4.78, 5) is 0. The van der Waals surface area contributed by atoms with Crippen LogP contribution in [0.3, 0.4) is 0 Å². The molecular formula is C7H17NS. The molecule has 0 aromatic carbocycles. The zero-order chi connectivity index (χ0) is 7.11. The Kier molecular flexibility index (Phi) is 6.65. The summed E-state index contributed by atoms with van der Waals surface area (Å²) in [6.07, 6.45) is 2.63. The number of hydrogen-bond donors (Lipinski definition) is 1. The lowest BCUT2D eigenvalue weighted by atomic mass is 10.4. The van der Waals surface area contributed by atoms with Gasteiger partial charge in [-0.05, 0) is 19.1 Å². The molecule has 9 heavy (non-hydrogen) atoms. The van der Waals surface area contributed by atoms with Crippen molar-refractivity contribution in [2.75, 3.05) is 11.5 Å². The molecule has 2 N–H and O–H groups in total. The van der Waals surface area contributed by atoms with Crippen LogP contribution >= 0.6 is 11.8 Å². The smallest absolute Gasteiger partial charge is 0.0101 e. The molecule has 1 nitrogen and oxygen atoms in total. The van der Waals surface area contributed by atoms with Crippen molar-refractivity contribution in [1.29, 1.82) is 0 Å². The number of unbranched alkanes of at least 4 members (excludes halogenated alkanes) is 1. The van der Waals surface area contributed by atoms with Gasteiger partial charge in [0.25, 0.3) is 0 Å². The van der Waals surface area contributed by atoms with Crippen LogP contribution in [0.5, 0.6) is 0 Å². The Morgan fingerprint density at radius 2 is 2.22 bits per heavy atom. The van der Waals surface area contributed by atoms with Crippen LogP contribution in [-0.2, 0) is 0 Å². The van der Waals surface area contributed by atoms with Gasteiger partial charge in [-0.25, -0.2) is 0 Å². The van der Waals surface area contributed by atoms with E-state index in [1.54, 1.807) is 0 Å². The number of thioether (sulfide) groups is 1. The van der Waals surface area contributed by atoms with E-state index in [0.29, 0.717) is 6.04 Å². The Labute approximate surface area is 62.4 Å².